The minimum Gasteiger partial charge on any atom is -0.388 e. The molecule has 0 saturated heterocycles. The lowest BCUT2D eigenvalue weighted by Gasteiger charge is -2.12. The number of aliphatic hydroxyl groups excluding tert-OH is 1. The molecule has 0 spiro atoms. The molecule has 3 rings (SSSR count). The molecule has 3 heteroatoms. The zero-order chi connectivity index (χ0) is 13.9. The molecule has 0 aliphatic carbocycles. The third-order valence-corrected chi connectivity index (χ3v) is 5.20. The summed E-state index contributed by atoms with van der Waals surface area (Å²) in [7, 11) is 0. The molecule has 106 valence electrons. The number of hydrogen-bond donors (Lipinski definition) is 1. The Morgan fingerprint density at radius 1 is 1.35 bits per heavy atom. The topological polar surface area (TPSA) is 25.2 Å². The lowest BCUT2D eigenvalue weighted by atomic mass is 10.0. The van der Waals surface area contributed by atoms with Crippen LogP contribution < -0.4 is 0 Å². The zero-order valence-corrected chi connectivity index (χ0v) is 12.6. The predicted molar refractivity (Wildman–Crippen MR) is 84.2 cm³/mol. The quantitative estimate of drug-likeness (QED) is 0.891. The van der Waals surface area contributed by atoms with Gasteiger partial charge >= 0.3 is 0 Å². The van der Waals surface area contributed by atoms with Gasteiger partial charge in [-0.25, -0.2) is 0 Å². The molecule has 1 aromatic carbocycles. The van der Waals surface area contributed by atoms with E-state index in [1.165, 1.54) is 10.5 Å². The van der Waals surface area contributed by atoms with Crippen LogP contribution in [-0.2, 0) is 6.54 Å². The summed E-state index contributed by atoms with van der Waals surface area (Å²) in [4.78, 5) is 1.43. The second kappa shape index (κ2) is 6.06. The van der Waals surface area contributed by atoms with Gasteiger partial charge in [0.2, 0.25) is 0 Å². The van der Waals surface area contributed by atoms with E-state index in [1.807, 2.05) is 17.8 Å². The maximum absolute atomic E-state index is 10.0. The van der Waals surface area contributed by atoms with E-state index in [-0.39, 0.29) is 6.10 Å². The van der Waals surface area contributed by atoms with E-state index < -0.39 is 0 Å². The number of fused-ring (bicyclic) bond motifs is 1. The number of nitrogens with zero attached hydrogens (tertiary/aromatic N) is 1. The molecule has 2 aromatic rings. The highest BCUT2D eigenvalue weighted by molar-refractivity contribution is 7.99. The third kappa shape index (κ3) is 2.79. The molecule has 2 heterocycles. The number of aromatic nitrogens is 1. The first-order chi connectivity index (χ1) is 9.78. The summed E-state index contributed by atoms with van der Waals surface area (Å²) in [6.45, 7) is 3.11. The van der Waals surface area contributed by atoms with E-state index in [9.17, 15) is 5.11 Å². The van der Waals surface area contributed by atoms with Crippen molar-refractivity contribution in [2.24, 2.45) is 0 Å². The van der Waals surface area contributed by atoms with Crippen molar-refractivity contribution in [1.82, 2.24) is 4.57 Å². The first-order valence-corrected chi connectivity index (χ1v) is 8.32. The van der Waals surface area contributed by atoms with Gasteiger partial charge in [-0.3, -0.25) is 0 Å². The molecule has 0 fully saturated rings. The minimum atomic E-state index is -0.313. The van der Waals surface area contributed by atoms with Gasteiger partial charge < -0.3 is 9.67 Å². The lowest BCUT2D eigenvalue weighted by Crippen LogP contribution is -2.07. The highest BCUT2D eigenvalue weighted by Gasteiger charge is 2.23. The number of benzene rings is 1. The maximum Gasteiger partial charge on any atom is 0.0804 e. The van der Waals surface area contributed by atoms with Gasteiger partial charge in [-0.1, -0.05) is 31.5 Å². The SMILES string of the molecule is CCCC(O)c1ccn(CC2CSc3ccccc32)c1. The third-order valence-electron chi connectivity index (χ3n) is 3.95. The highest BCUT2D eigenvalue weighted by Crippen LogP contribution is 2.40. The molecule has 0 saturated carbocycles. The van der Waals surface area contributed by atoms with Crippen LogP contribution in [0.25, 0.3) is 0 Å². The Kier molecular flexibility index (Phi) is 4.18. The van der Waals surface area contributed by atoms with Crippen molar-refractivity contribution in [2.45, 2.75) is 43.2 Å². The van der Waals surface area contributed by atoms with Gasteiger partial charge in [-0.2, -0.15) is 0 Å². The van der Waals surface area contributed by atoms with E-state index in [1.54, 1.807) is 0 Å². The van der Waals surface area contributed by atoms with E-state index in [0.717, 1.165) is 30.7 Å². The van der Waals surface area contributed by atoms with Gasteiger partial charge in [0.15, 0.2) is 0 Å². The molecule has 1 N–H and O–H groups in total. The van der Waals surface area contributed by atoms with Crippen molar-refractivity contribution < 1.29 is 5.11 Å². The van der Waals surface area contributed by atoms with Gasteiger partial charge in [0.1, 0.15) is 0 Å². The van der Waals surface area contributed by atoms with Crippen molar-refractivity contribution in [3.63, 3.8) is 0 Å². The second-order valence-electron chi connectivity index (χ2n) is 5.49. The van der Waals surface area contributed by atoms with Gasteiger partial charge in [-0.05, 0) is 29.7 Å². The molecule has 0 bridgehead atoms. The van der Waals surface area contributed by atoms with E-state index >= 15 is 0 Å². The first kappa shape index (κ1) is 13.8. The fourth-order valence-corrected chi connectivity index (χ4v) is 4.09. The molecule has 1 aliphatic rings. The van der Waals surface area contributed by atoms with Crippen LogP contribution in [0.2, 0.25) is 0 Å². The summed E-state index contributed by atoms with van der Waals surface area (Å²) in [6.07, 6.45) is 5.74. The zero-order valence-electron chi connectivity index (χ0n) is 11.8. The van der Waals surface area contributed by atoms with Crippen molar-refractivity contribution in [3.05, 3.63) is 53.9 Å². The number of aliphatic hydroxyl groups is 1. The molecule has 2 unspecified atom stereocenters. The van der Waals surface area contributed by atoms with Crippen LogP contribution in [-0.4, -0.2) is 15.4 Å². The summed E-state index contributed by atoms with van der Waals surface area (Å²) in [6, 6.07) is 10.8. The highest BCUT2D eigenvalue weighted by atomic mass is 32.2. The van der Waals surface area contributed by atoms with Crippen LogP contribution in [0.5, 0.6) is 0 Å². The average molecular weight is 287 g/mol. The van der Waals surface area contributed by atoms with Gasteiger partial charge in [0.05, 0.1) is 6.10 Å². The van der Waals surface area contributed by atoms with Crippen LogP contribution in [0, 0.1) is 0 Å². The number of rotatable bonds is 5. The van der Waals surface area contributed by atoms with Gasteiger partial charge in [0.25, 0.3) is 0 Å². The monoisotopic (exact) mass is 287 g/mol. The summed E-state index contributed by atoms with van der Waals surface area (Å²) in [5.41, 5.74) is 2.52. The largest absolute Gasteiger partial charge is 0.388 e. The standard InChI is InChI=1S/C17H21NOS/c1-2-5-16(19)13-8-9-18(10-13)11-14-12-20-17-7-4-3-6-15(14)17/h3-4,6-10,14,16,19H,2,5,11-12H2,1H3. The molecule has 2 nitrogen and oxygen atoms in total. The Balaban J connectivity index is 1.70. The Labute approximate surface area is 124 Å². The first-order valence-electron chi connectivity index (χ1n) is 7.33. The molecular weight excluding hydrogens is 266 g/mol. The van der Waals surface area contributed by atoms with Crippen molar-refractivity contribution >= 4 is 11.8 Å². The van der Waals surface area contributed by atoms with Gasteiger partial charge in [-0.15, -0.1) is 11.8 Å². The Morgan fingerprint density at radius 2 is 2.20 bits per heavy atom. The molecule has 0 radical (unpaired) electrons. The van der Waals surface area contributed by atoms with Crippen LogP contribution >= 0.6 is 11.8 Å². The Morgan fingerprint density at radius 3 is 3.05 bits per heavy atom. The second-order valence-corrected chi connectivity index (χ2v) is 6.55. The number of thioether (sulfide) groups is 1. The van der Waals surface area contributed by atoms with E-state index in [2.05, 4.69) is 48.1 Å². The Bertz CT molecular complexity index is 578. The smallest absolute Gasteiger partial charge is 0.0804 e. The maximum atomic E-state index is 10.0. The van der Waals surface area contributed by atoms with Crippen molar-refractivity contribution in [2.75, 3.05) is 5.75 Å². The van der Waals surface area contributed by atoms with Gasteiger partial charge in [0, 0.05) is 35.5 Å². The number of hydrogen-bond acceptors (Lipinski definition) is 2. The van der Waals surface area contributed by atoms with Crippen molar-refractivity contribution in [1.29, 1.82) is 0 Å². The molecule has 0 amide bonds. The fraction of sp³-hybridized carbons (Fsp3) is 0.412. The summed E-state index contributed by atoms with van der Waals surface area (Å²) < 4.78 is 2.22. The van der Waals surface area contributed by atoms with Crippen LogP contribution in [0.1, 0.15) is 42.9 Å². The summed E-state index contributed by atoms with van der Waals surface area (Å²) in [5.74, 6) is 1.74. The van der Waals surface area contributed by atoms with Crippen molar-refractivity contribution in [3.8, 4) is 0 Å². The molecule has 20 heavy (non-hydrogen) atoms. The molecule has 1 aliphatic heterocycles. The normalized spacial score (nSPS) is 19.0. The van der Waals surface area contributed by atoms with Crippen LogP contribution in [0.15, 0.2) is 47.6 Å². The fourth-order valence-electron chi connectivity index (χ4n) is 2.85. The molecular formula is C17H21NOS. The molecule has 1 aromatic heterocycles. The van der Waals surface area contributed by atoms with Crippen LogP contribution in [0.3, 0.4) is 0 Å². The predicted octanol–water partition coefficient (Wildman–Crippen LogP) is 4.21. The summed E-state index contributed by atoms with van der Waals surface area (Å²) >= 11 is 1.95. The minimum absolute atomic E-state index is 0.313. The summed E-state index contributed by atoms with van der Waals surface area (Å²) in [5, 5.41) is 10.0. The Hall–Kier alpha value is -1.19. The van der Waals surface area contributed by atoms with E-state index in [4.69, 9.17) is 0 Å². The lowest BCUT2D eigenvalue weighted by molar-refractivity contribution is 0.166. The van der Waals surface area contributed by atoms with E-state index in [0.29, 0.717) is 5.92 Å². The molecule has 2 atom stereocenters. The average Bonchev–Trinajstić information content (AvgIpc) is 3.08. The van der Waals surface area contributed by atoms with Crippen LogP contribution in [0.4, 0.5) is 0 Å².